The van der Waals surface area contributed by atoms with Crippen LogP contribution in [0, 0.1) is 0 Å². The fraction of sp³-hybridized carbons (Fsp3) is 0.105. The molecule has 0 bridgehead atoms. The molecule has 0 aliphatic heterocycles. The lowest BCUT2D eigenvalue weighted by Gasteiger charge is -2.15. The number of pyridine rings is 1. The topological polar surface area (TPSA) is 79.3 Å². The molecule has 0 unspecified atom stereocenters. The summed E-state index contributed by atoms with van der Waals surface area (Å²) >= 11 is 3.36. The third kappa shape index (κ3) is 4.03. The summed E-state index contributed by atoms with van der Waals surface area (Å²) in [5.41, 5.74) is 1.73. The Labute approximate surface area is 152 Å². The minimum absolute atomic E-state index is 0.193. The zero-order chi connectivity index (χ0) is 17.8. The Bertz CT molecular complexity index is 937. The molecule has 0 fully saturated rings. The summed E-state index contributed by atoms with van der Waals surface area (Å²) in [5, 5.41) is 12.9. The van der Waals surface area contributed by atoms with Crippen LogP contribution in [0.25, 0.3) is 10.9 Å². The van der Waals surface area contributed by atoms with Crippen LogP contribution in [0.15, 0.2) is 65.3 Å². The second-order valence-corrected chi connectivity index (χ2v) is 6.49. The Balaban J connectivity index is 1.84. The fourth-order valence-corrected chi connectivity index (χ4v) is 3.07. The van der Waals surface area contributed by atoms with Gasteiger partial charge in [-0.15, -0.1) is 0 Å². The van der Waals surface area contributed by atoms with E-state index in [0.717, 1.165) is 15.4 Å². The van der Waals surface area contributed by atoms with Crippen molar-refractivity contribution in [3.8, 4) is 0 Å². The molecule has 0 aliphatic rings. The summed E-state index contributed by atoms with van der Waals surface area (Å²) in [5.74, 6) is -1.53. The molecule has 0 saturated carbocycles. The van der Waals surface area contributed by atoms with E-state index in [-0.39, 0.29) is 6.42 Å². The van der Waals surface area contributed by atoms with Gasteiger partial charge in [0.15, 0.2) is 0 Å². The third-order valence-corrected chi connectivity index (χ3v) is 4.30. The standard InChI is InChI=1S/C19H15BrN2O3/c20-14-7-1-4-12(10-14)11-16(19(24)25)22-18(23)15-8-2-5-13-6-3-9-21-17(13)15/h1-10,16H,11H2,(H,22,23)(H,24,25)/t16-/m0/s1. The van der Waals surface area contributed by atoms with Gasteiger partial charge in [-0.05, 0) is 29.8 Å². The lowest BCUT2D eigenvalue weighted by atomic mass is 10.0. The van der Waals surface area contributed by atoms with Gasteiger partial charge in [-0.25, -0.2) is 4.79 Å². The van der Waals surface area contributed by atoms with Crippen LogP contribution >= 0.6 is 15.9 Å². The Morgan fingerprint density at radius 2 is 1.88 bits per heavy atom. The number of hydrogen-bond acceptors (Lipinski definition) is 3. The molecule has 0 saturated heterocycles. The first-order chi connectivity index (χ1) is 12.0. The highest BCUT2D eigenvalue weighted by Crippen LogP contribution is 2.17. The first kappa shape index (κ1) is 17.1. The van der Waals surface area contributed by atoms with Crippen molar-refractivity contribution in [1.29, 1.82) is 0 Å². The first-order valence-electron chi connectivity index (χ1n) is 7.66. The molecule has 1 aromatic heterocycles. The number of halogens is 1. The summed E-state index contributed by atoms with van der Waals surface area (Å²) in [7, 11) is 0. The van der Waals surface area contributed by atoms with Gasteiger partial charge in [0.2, 0.25) is 0 Å². The van der Waals surface area contributed by atoms with Crippen molar-refractivity contribution in [3.05, 3.63) is 76.4 Å². The normalized spacial score (nSPS) is 11.9. The van der Waals surface area contributed by atoms with Crippen LogP contribution in [0.1, 0.15) is 15.9 Å². The van der Waals surface area contributed by atoms with Gasteiger partial charge < -0.3 is 10.4 Å². The number of amides is 1. The number of para-hydroxylation sites is 1. The van der Waals surface area contributed by atoms with Crippen molar-refractivity contribution in [3.63, 3.8) is 0 Å². The molecule has 3 aromatic rings. The molecule has 126 valence electrons. The number of carboxylic acid groups (broad SMARTS) is 1. The minimum atomic E-state index is -1.08. The average Bonchev–Trinajstić information content (AvgIpc) is 2.60. The molecule has 6 heteroatoms. The van der Waals surface area contributed by atoms with E-state index in [2.05, 4.69) is 26.2 Å². The highest BCUT2D eigenvalue weighted by molar-refractivity contribution is 9.10. The zero-order valence-corrected chi connectivity index (χ0v) is 14.7. The van der Waals surface area contributed by atoms with E-state index in [1.54, 1.807) is 24.4 Å². The molecule has 1 amide bonds. The maximum Gasteiger partial charge on any atom is 0.326 e. The number of nitrogens with one attached hydrogen (secondary N) is 1. The number of nitrogens with zero attached hydrogens (tertiary/aromatic N) is 1. The van der Waals surface area contributed by atoms with Crippen molar-refractivity contribution in [2.24, 2.45) is 0 Å². The Morgan fingerprint density at radius 1 is 1.12 bits per heavy atom. The van der Waals surface area contributed by atoms with Gasteiger partial charge in [0, 0.05) is 22.5 Å². The monoisotopic (exact) mass is 398 g/mol. The largest absolute Gasteiger partial charge is 0.480 e. The van der Waals surface area contributed by atoms with Gasteiger partial charge in [-0.3, -0.25) is 9.78 Å². The van der Waals surface area contributed by atoms with Gasteiger partial charge >= 0.3 is 5.97 Å². The quantitative estimate of drug-likeness (QED) is 0.689. The first-order valence-corrected chi connectivity index (χ1v) is 8.46. The number of benzene rings is 2. The fourth-order valence-electron chi connectivity index (χ4n) is 2.62. The van der Waals surface area contributed by atoms with E-state index in [1.165, 1.54) is 0 Å². The molecule has 25 heavy (non-hydrogen) atoms. The van der Waals surface area contributed by atoms with Crippen LogP contribution in [0.2, 0.25) is 0 Å². The summed E-state index contributed by atoms with van der Waals surface area (Å²) < 4.78 is 0.860. The van der Waals surface area contributed by atoms with Crippen molar-refractivity contribution in [1.82, 2.24) is 10.3 Å². The maximum absolute atomic E-state index is 12.6. The molecule has 2 aromatic carbocycles. The number of aromatic nitrogens is 1. The summed E-state index contributed by atoms with van der Waals surface area (Å²) in [6.07, 6.45) is 1.80. The number of aliphatic carboxylic acids is 1. The van der Waals surface area contributed by atoms with E-state index in [0.29, 0.717) is 11.1 Å². The Hall–Kier alpha value is -2.73. The number of fused-ring (bicyclic) bond motifs is 1. The molecular weight excluding hydrogens is 384 g/mol. The van der Waals surface area contributed by atoms with Crippen LogP contribution in [0.3, 0.4) is 0 Å². The number of hydrogen-bond donors (Lipinski definition) is 2. The third-order valence-electron chi connectivity index (χ3n) is 3.81. The molecular formula is C19H15BrN2O3. The van der Waals surface area contributed by atoms with E-state index in [9.17, 15) is 14.7 Å². The Kier molecular flexibility index (Phi) is 5.09. The SMILES string of the molecule is O=C(N[C@@H](Cc1cccc(Br)c1)C(=O)O)c1cccc2cccnc12. The van der Waals surface area contributed by atoms with Gasteiger partial charge in [0.25, 0.3) is 5.91 Å². The van der Waals surface area contributed by atoms with E-state index in [1.807, 2.05) is 36.4 Å². The molecule has 0 aliphatic carbocycles. The minimum Gasteiger partial charge on any atom is -0.480 e. The lowest BCUT2D eigenvalue weighted by Crippen LogP contribution is -2.42. The Morgan fingerprint density at radius 3 is 2.64 bits per heavy atom. The number of carboxylic acids is 1. The van der Waals surface area contributed by atoms with Crippen LogP contribution in [0.5, 0.6) is 0 Å². The predicted molar refractivity (Wildman–Crippen MR) is 98.5 cm³/mol. The van der Waals surface area contributed by atoms with Gasteiger partial charge in [-0.2, -0.15) is 0 Å². The predicted octanol–water partition coefficient (Wildman–Crippen LogP) is 3.42. The van der Waals surface area contributed by atoms with E-state index < -0.39 is 17.9 Å². The van der Waals surface area contributed by atoms with Crippen molar-refractivity contribution >= 4 is 38.7 Å². The average molecular weight is 399 g/mol. The zero-order valence-electron chi connectivity index (χ0n) is 13.1. The van der Waals surface area contributed by atoms with Crippen LogP contribution in [-0.2, 0) is 11.2 Å². The summed E-state index contributed by atoms with van der Waals surface area (Å²) in [6, 6.07) is 15.2. The van der Waals surface area contributed by atoms with Gasteiger partial charge in [0.05, 0.1) is 11.1 Å². The van der Waals surface area contributed by atoms with Gasteiger partial charge in [-0.1, -0.05) is 46.3 Å². The van der Waals surface area contributed by atoms with Crippen LogP contribution in [0.4, 0.5) is 0 Å². The van der Waals surface area contributed by atoms with Crippen molar-refractivity contribution < 1.29 is 14.7 Å². The van der Waals surface area contributed by atoms with Gasteiger partial charge in [0.1, 0.15) is 6.04 Å². The lowest BCUT2D eigenvalue weighted by molar-refractivity contribution is -0.139. The summed E-state index contributed by atoms with van der Waals surface area (Å²) in [4.78, 5) is 28.4. The highest BCUT2D eigenvalue weighted by Gasteiger charge is 2.22. The van der Waals surface area contributed by atoms with Crippen molar-refractivity contribution in [2.75, 3.05) is 0 Å². The molecule has 1 heterocycles. The van der Waals surface area contributed by atoms with Crippen LogP contribution < -0.4 is 5.32 Å². The highest BCUT2D eigenvalue weighted by atomic mass is 79.9. The molecule has 2 N–H and O–H groups in total. The molecule has 0 radical (unpaired) electrons. The summed E-state index contributed by atoms with van der Waals surface area (Å²) in [6.45, 7) is 0. The molecule has 0 spiro atoms. The van der Waals surface area contributed by atoms with E-state index in [4.69, 9.17) is 0 Å². The van der Waals surface area contributed by atoms with E-state index >= 15 is 0 Å². The smallest absolute Gasteiger partial charge is 0.326 e. The maximum atomic E-state index is 12.6. The number of rotatable bonds is 5. The molecule has 3 rings (SSSR count). The molecule has 5 nitrogen and oxygen atoms in total. The van der Waals surface area contributed by atoms with Crippen LogP contribution in [-0.4, -0.2) is 28.0 Å². The second-order valence-electron chi connectivity index (χ2n) is 5.58. The number of carbonyl (C=O) groups is 2. The molecule has 1 atom stereocenters. The second kappa shape index (κ2) is 7.44. The van der Waals surface area contributed by atoms with Crippen molar-refractivity contribution in [2.45, 2.75) is 12.5 Å². The number of carbonyl (C=O) groups excluding carboxylic acids is 1.